The highest BCUT2D eigenvalue weighted by Crippen LogP contribution is 2.29. The van der Waals surface area contributed by atoms with Crippen molar-refractivity contribution in [1.82, 2.24) is 15.0 Å². The summed E-state index contributed by atoms with van der Waals surface area (Å²) in [7, 11) is 0. The zero-order valence-corrected chi connectivity index (χ0v) is 8.80. The molecule has 0 aromatic carbocycles. The standard InChI is InChI=1S/C10H11N3O3/c1-6-7(2-3-9(6)14)8-4-13(12-11-8)5-10(15)16/h4H,2-3,5H2,1H3,(H,15,16). The van der Waals surface area contributed by atoms with E-state index in [1.165, 1.54) is 4.68 Å². The quantitative estimate of drug-likeness (QED) is 0.803. The molecule has 0 bridgehead atoms. The van der Waals surface area contributed by atoms with Crippen LogP contribution < -0.4 is 0 Å². The van der Waals surface area contributed by atoms with Crippen LogP contribution in [0, 0.1) is 0 Å². The first-order valence-corrected chi connectivity index (χ1v) is 4.93. The number of carboxylic acid groups (broad SMARTS) is 1. The van der Waals surface area contributed by atoms with Crippen LogP contribution >= 0.6 is 0 Å². The van der Waals surface area contributed by atoms with E-state index in [-0.39, 0.29) is 12.3 Å². The Labute approximate surface area is 91.6 Å². The van der Waals surface area contributed by atoms with Crippen molar-refractivity contribution in [3.05, 3.63) is 17.5 Å². The molecule has 0 spiro atoms. The highest BCUT2D eigenvalue weighted by molar-refractivity contribution is 6.06. The minimum absolute atomic E-state index is 0.128. The van der Waals surface area contributed by atoms with Gasteiger partial charge >= 0.3 is 5.97 Å². The van der Waals surface area contributed by atoms with Gasteiger partial charge in [0.2, 0.25) is 0 Å². The van der Waals surface area contributed by atoms with E-state index >= 15 is 0 Å². The van der Waals surface area contributed by atoms with Gasteiger partial charge in [-0.1, -0.05) is 5.21 Å². The number of aromatic nitrogens is 3. The van der Waals surface area contributed by atoms with Crippen LogP contribution in [-0.4, -0.2) is 31.9 Å². The van der Waals surface area contributed by atoms with E-state index in [1.54, 1.807) is 13.1 Å². The van der Waals surface area contributed by atoms with Crippen molar-refractivity contribution in [2.75, 3.05) is 0 Å². The van der Waals surface area contributed by atoms with Crippen molar-refractivity contribution in [1.29, 1.82) is 0 Å². The predicted octanol–water partition coefficient (Wildman–Crippen LogP) is 0.499. The summed E-state index contributed by atoms with van der Waals surface area (Å²) < 4.78 is 1.25. The lowest BCUT2D eigenvalue weighted by Crippen LogP contribution is -2.08. The molecule has 0 radical (unpaired) electrons. The summed E-state index contributed by atoms with van der Waals surface area (Å²) in [5.41, 5.74) is 2.19. The molecule has 1 aromatic rings. The monoisotopic (exact) mass is 221 g/mol. The third-order valence-electron chi connectivity index (χ3n) is 2.62. The van der Waals surface area contributed by atoms with Crippen LogP contribution in [-0.2, 0) is 16.1 Å². The summed E-state index contributed by atoms with van der Waals surface area (Å²) in [6.07, 6.45) is 2.73. The molecule has 0 unspecified atom stereocenters. The molecule has 84 valence electrons. The maximum Gasteiger partial charge on any atom is 0.325 e. The number of hydrogen-bond donors (Lipinski definition) is 1. The topological polar surface area (TPSA) is 85.1 Å². The summed E-state index contributed by atoms with van der Waals surface area (Å²) >= 11 is 0. The molecular weight excluding hydrogens is 210 g/mol. The molecule has 16 heavy (non-hydrogen) atoms. The van der Waals surface area contributed by atoms with E-state index in [4.69, 9.17) is 5.11 Å². The third-order valence-corrected chi connectivity index (χ3v) is 2.62. The van der Waals surface area contributed by atoms with E-state index < -0.39 is 5.97 Å². The number of allylic oxidation sites excluding steroid dienone is 2. The van der Waals surface area contributed by atoms with Crippen LogP contribution in [0.15, 0.2) is 11.8 Å². The van der Waals surface area contributed by atoms with Crippen LogP contribution in [0.1, 0.15) is 25.5 Å². The number of ketones is 1. The Balaban J connectivity index is 2.26. The molecule has 0 aliphatic heterocycles. The van der Waals surface area contributed by atoms with E-state index in [0.717, 1.165) is 5.57 Å². The molecule has 1 aromatic heterocycles. The third kappa shape index (κ3) is 1.86. The average molecular weight is 221 g/mol. The van der Waals surface area contributed by atoms with Crippen molar-refractivity contribution in [2.24, 2.45) is 0 Å². The van der Waals surface area contributed by atoms with Gasteiger partial charge in [0, 0.05) is 6.42 Å². The second-order valence-corrected chi connectivity index (χ2v) is 3.72. The largest absolute Gasteiger partial charge is 0.480 e. The van der Waals surface area contributed by atoms with Crippen molar-refractivity contribution < 1.29 is 14.7 Å². The van der Waals surface area contributed by atoms with E-state index in [9.17, 15) is 9.59 Å². The van der Waals surface area contributed by atoms with Crippen LogP contribution in [0.3, 0.4) is 0 Å². The molecule has 0 saturated heterocycles. The fourth-order valence-corrected chi connectivity index (χ4v) is 1.75. The van der Waals surface area contributed by atoms with Gasteiger partial charge in [0.15, 0.2) is 5.78 Å². The lowest BCUT2D eigenvalue weighted by atomic mass is 10.1. The second-order valence-electron chi connectivity index (χ2n) is 3.72. The maximum absolute atomic E-state index is 11.3. The maximum atomic E-state index is 11.3. The average Bonchev–Trinajstić information content (AvgIpc) is 2.75. The molecule has 6 heteroatoms. The molecular formula is C10H11N3O3. The molecule has 6 nitrogen and oxygen atoms in total. The van der Waals surface area contributed by atoms with Crippen LogP contribution in [0.25, 0.3) is 5.57 Å². The normalized spacial score (nSPS) is 15.9. The van der Waals surface area contributed by atoms with Gasteiger partial charge in [-0.25, -0.2) is 4.68 Å². The van der Waals surface area contributed by atoms with E-state index in [2.05, 4.69) is 10.3 Å². The molecule has 0 saturated carbocycles. The minimum atomic E-state index is -0.968. The molecule has 1 aliphatic carbocycles. The summed E-state index contributed by atoms with van der Waals surface area (Å²) in [5, 5.41) is 16.2. The first kappa shape index (κ1) is 10.5. The Morgan fingerprint density at radius 3 is 2.88 bits per heavy atom. The van der Waals surface area contributed by atoms with E-state index in [0.29, 0.717) is 24.1 Å². The Morgan fingerprint density at radius 2 is 2.31 bits per heavy atom. The molecule has 0 atom stereocenters. The second kappa shape index (κ2) is 3.88. The molecule has 1 aliphatic rings. The van der Waals surface area contributed by atoms with Gasteiger partial charge < -0.3 is 5.11 Å². The number of Topliss-reactive ketones (excluding diaryl/α,β-unsaturated/α-hetero) is 1. The number of carboxylic acids is 1. The fraction of sp³-hybridized carbons (Fsp3) is 0.400. The lowest BCUT2D eigenvalue weighted by molar-refractivity contribution is -0.137. The first-order chi connectivity index (χ1) is 7.58. The summed E-state index contributed by atoms with van der Waals surface area (Å²) in [6, 6.07) is 0. The van der Waals surface area contributed by atoms with Gasteiger partial charge in [0.1, 0.15) is 12.2 Å². The molecule has 1 heterocycles. The van der Waals surface area contributed by atoms with Crippen molar-refractivity contribution in [3.8, 4) is 0 Å². The summed E-state index contributed by atoms with van der Waals surface area (Å²) in [4.78, 5) is 21.8. The van der Waals surface area contributed by atoms with Crippen molar-refractivity contribution >= 4 is 17.3 Å². The number of aliphatic carboxylic acids is 1. The van der Waals surface area contributed by atoms with Crippen molar-refractivity contribution in [2.45, 2.75) is 26.3 Å². The number of rotatable bonds is 3. The minimum Gasteiger partial charge on any atom is -0.480 e. The van der Waals surface area contributed by atoms with Crippen LogP contribution in [0.4, 0.5) is 0 Å². The number of nitrogens with zero attached hydrogens (tertiary/aromatic N) is 3. The Hall–Kier alpha value is -1.98. The van der Waals surface area contributed by atoms with Gasteiger partial charge in [-0.15, -0.1) is 5.10 Å². The summed E-state index contributed by atoms with van der Waals surface area (Å²) in [5.74, 6) is -0.840. The SMILES string of the molecule is CC1=C(c2cn(CC(=O)O)nn2)CCC1=O. The van der Waals surface area contributed by atoms with Gasteiger partial charge in [-0.05, 0) is 24.5 Å². The van der Waals surface area contributed by atoms with Gasteiger partial charge in [0.05, 0.1) is 6.20 Å². The van der Waals surface area contributed by atoms with Gasteiger partial charge in [-0.2, -0.15) is 0 Å². The fourth-order valence-electron chi connectivity index (χ4n) is 1.75. The molecule has 1 N–H and O–H groups in total. The smallest absolute Gasteiger partial charge is 0.325 e. The Bertz CT molecular complexity index is 487. The first-order valence-electron chi connectivity index (χ1n) is 4.93. The zero-order valence-electron chi connectivity index (χ0n) is 8.80. The number of carbonyl (C=O) groups is 2. The number of carbonyl (C=O) groups excluding carboxylic acids is 1. The summed E-state index contributed by atoms with van der Waals surface area (Å²) in [6.45, 7) is 1.55. The predicted molar refractivity (Wildman–Crippen MR) is 54.5 cm³/mol. The Morgan fingerprint density at radius 1 is 1.56 bits per heavy atom. The van der Waals surface area contributed by atoms with Crippen LogP contribution in [0.2, 0.25) is 0 Å². The lowest BCUT2D eigenvalue weighted by Gasteiger charge is -1.95. The molecule has 0 fully saturated rings. The zero-order chi connectivity index (χ0) is 11.7. The van der Waals surface area contributed by atoms with Crippen molar-refractivity contribution in [3.63, 3.8) is 0 Å². The molecule has 0 amide bonds. The Kier molecular flexibility index (Phi) is 2.55. The highest BCUT2D eigenvalue weighted by atomic mass is 16.4. The van der Waals surface area contributed by atoms with Gasteiger partial charge in [0.25, 0.3) is 0 Å². The van der Waals surface area contributed by atoms with Crippen LogP contribution in [0.5, 0.6) is 0 Å². The number of hydrogen-bond acceptors (Lipinski definition) is 4. The highest BCUT2D eigenvalue weighted by Gasteiger charge is 2.22. The molecule has 2 rings (SSSR count). The van der Waals surface area contributed by atoms with Gasteiger partial charge in [-0.3, -0.25) is 9.59 Å². The van der Waals surface area contributed by atoms with E-state index in [1.807, 2.05) is 0 Å².